The molecule has 1 fully saturated rings. The van der Waals surface area contributed by atoms with Gasteiger partial charge < -0.3 is 19.7 Å². The Kier molecular flexibility index (Phi) is 4.09. The Labute approximate surface area is 111 Å². The zero-order valence-corrected chi connectivity index (χ0v) is 10.9. The van der Waals surface area contributed by atoms with E-state index in [9.17, 15) is 9.59 Å². The lowest BCUT2D eigenvalue weighted by molar-refractivity contribution is -0.143. The van der Waals surface area contributed by atoms with Gasteiger partial charge in [0.1, 0.15) is 11.5 Å². The second-order valence-electron chi connectivity index (χ2n) is 4.77. The summed E-state index contributed by atoms with van der Waals surface area (Å²) in [6, 6.07) is 3.50. The maximum atomic E-state index is 11.9. The van der Waals surface area contributed by atoms with Crippen molar-refractivity contribution < 1.29 is 19.1 Å². The van der Waals surface area contributed by atoms with Crippen molar-refractivity contribution in [1.29, 1.82) is 0 Å². The lowest BCUT2D eigenvalue weighted by Crippen LogP contribution is -2.45. The van der Waals surface area contributed by atoms with Crippen molar-refractivity contribution in [3.8, 4) is 0 Å². The third-order valence-electron chi connectivity index (χ3n) is 3.34. The molecule has 6 heteroatoms. The summed E-state index contributed by atoms with van der Waals surface area (Å²) in [5.74, 6) is 0.431. The molecule has 104 valence electrons. The molecule has 1 aliphatic heterocycles. The van der Waals surface area contributed by atoms with Gasteiger partial charge in [-0.25, -0.2) is 4.79 Å². The lowest BCUT2D eigenvalue weighted by atomic mass is 9.97. The quantitative estimate of drug-likeness (QED) is 0.870. The molecule has 0 spiro atoms. The number of amides is 2. The second-order valence-corrected chi connectivity index (χ2v) is 4.77. The van der Waals surface area contributed by atoms with E-state index in [1.165, 1.54) is 0 Å². The molecular weight excluding hydrogens is 248 g/mol. The van der Waals surface area contributed by atoms with Gasteiger partial charge in [0.2, 0.25) is 0 Å². The Morgan fingerprint density at radius 3 is 2.63 bits per heavy atom. The van der Waals surface area contributed by atoms with E-state index in [1.54, 1.807) is 4.90 Å². The van der Waals surface area contributed by atoms with Gasteiger partial charge in [-0.2, -0.15) is 0 Å². The summed E-state index contributed by atoms with van der Waals surface area (Å²) in [7, 11) is 0. The van der Waals surface area contributed by atoms with Gasteiger partial charge in [-0.3, -0.25) is 4.79 Å². The molecule has 0 atom stereocenters. The Balaban J connectivity index is 1.77. The average molecular weight is 266 g/mol. The summed E-state index contributed by atoms with van der Waals surface area (Å²) < 4.78 is 5.36. The highest BCUT2D eigenvalue weighted by atomic mass is 16.4. The van der Waals surface area contributed by atoms with Crippen LogP contribution in [-0.2, 0) is 11.3 Å². The number of nitrogens with one attached hydrogen (secondary N) is 1. The number of hydrogen-bond acceptors (Lipinski definition) is 3. The van der Waals surface area contributed by atoms with Crippen molar-refractivity contribution in [2.75, 3.05) is 13.1 Å². The summed E-state index contributed by atoms with van der Waals surface area (Å²) in [6.45, 7) is 3.17. The molecule has 0 radical (unpaired) electrons. The highest BCUT2D eigenvalue weighted by molar-refractivity contribution is 5.75. The number of piperidine rings is 1. The van der Waals surface area contributed by atoms with E-state index < -0.39 is 5.97 Å². The number of carboxylic acid groups (broad SMARTS) is 1. The minimum absolute atomic E-state index is 0.169. The van der Waals surface area contributed by atoms with E-state index in [2.05, 4.69) is 5.32 Å². The number of likely N-dealkylation sites (tertiary alicyclic amines) is 1. The molecule has 1 aliphatic rings. The van der Waals surface area contributed by atoms with Gasteiger partial charge >= 0.3 is 12.0 Å². The van der Waals surface area contributed by atoms with E-state index in [0.29, 0.717) is 38.2 Å². The van der Waals surface area contributed by atoms with Crippen LogP contribution in [0.15, 0.2) is 16.5 Å². The highest BCUT2D eigenvalue weighted by Crippen LogP contribution is 2.17. The number of rotatable bonds is 3. The number of aliphatic carboxylic acids is 1. The van der Waals surface area contributed by atoms with Crippen LogP contribution in [0.3, 0.4) is 0 Å². The summed E-state index contributed by atoms with van der Waals surface area (Å²) >= 11 is 0. The molecule has 2 amide bonds. The third kappa shape index (κ3) is 3.49. The standard InChI is InChI=1S/C13H18N2O4/c1-9-2-3-11(19-9)8-14-13(18)15-6-4-10(5-7-15)12(16)17/h2-3,10H,4-8H2,1H3,(H,14,18)(H,16,17). The molecule has 1 aromatic rings. The SMILES string of the molecule is Cc1ccc(CNC(=O)N2CCC(C(=O)O)CC2)o1. The highest BCUT2D eigenvalue weighted by Gasteiger charge is 2.26. The predicted molar refractivity (Wildman–Crippen MR) is 67.6 cm³/mol. The van der Waals surface area contributed by atoms with Gasteiger partial charge in [-0.15, -0.1) is 0 Å². The second kappa shape index (κ2) is 5.77. The summed E-state index contributed by atoms with van der Waals surface area (Å²) in [5, 5.41) is 11.7. The first-order valence-electron chi connectivity index (χ1n) is 6.37. The van der Waals surface area contributed by atoms with Crippen molar-refractivity contribution in [3.63, 3.8) is 0 Å². The van der Waals surface area contributed by atoms with Crippen LogP contribution in [0.2, 0.25) is 0 Å². The fourth-order valence-corrected chi connectivity index (χ4v) is 2.18. The number of furan rings is 1. The van der Waals surface area contributed by atoms with Crippen LogP contribution in [-0.4, -0.2) is 35.1 Å². The molecule has 2 rings (SSSR count). The van der Waals surface area contributed by atoms with Gasteiger partial charge in [-0.1, -0.05) is 0 Å². The van der Waals surface area contributed by atoms with Gasteiger partial charge in [0, 0.05) is 13.1 Å². The van der Waals surface area contributed by atoms with Gasteiger partial charge in [-0.05, 0) is 31.9 Å². The van der Waals surface area contributed by atoms with Crippen LogP contribution < -0.4 is 5.32 Å². The molecule has 0 saturated carbocycles. The monoisotopic (exact) mass is 266 g/mol. The van der Waals surface area contributed by atoms with Crippen LogP contribution >= 0.6 is 0 Å². The predicted octanol–water partition coefficient (Wildman–Crippen LogP) is 1.59. The van der Waals surface area contributed by atoms with Crippen molar-refractivity contribution >= 4 is 12.0 Å². The molecular formula is C13H18N2O4. The van der Waals surface area contributed by atoms with E-state index in [-0.39, 0.29) is 11.9 Å². The normalized spacial score (nSPS) is 16.4. The molecule has 0 bridgehead atoms. The fourth-order valence-electron chi connectivity index (χ4n) is 2.18. The first-order chi connectivity index (χ1) is 9.06. The van der Waals surface area contributed by atoms with E-state index in [1.807, 2.05) is 19.1 Å². The van der Waals surface area contributed by atoms with Gasteiger partial charge in [0.25, 0.3) is 0 Å². The molecule has 0 aliphatic carbocycles. The first kappa shape index (κ1) is 13.5. The molecule has 0 unspecified atom stereocenters. The molecule has 0 aromatic carbocycles. The fraction of sp³-hybridized carbons (Fsp3) is 0.538. The van der Waals surface area contributed by atoms with Crippen LogP contribution in [0, 0.1) is 12.8 Å². The van der Waals surface area contributed by atoms with Crippen molar-refractivity contribution in [2.24, 2.45) is 5.92 Å². The zero-order valence-electron chi connectivity index (χ0n) is 10.9. The Bertz CT molecular complexity index is 461. The van der Waals surface area contributed by atoms with Crippen LogP contribution in [0.5, 0.6) is 0 Å². The largest absolute Gasteiger partial charge is 0.481 e. The number of urea groups is 1. The van der Waals surface area contributed by atoms with Gasteiger partial charge in [0.15, 0.2) is 0 Å². The topological polar surface area (TPSA) is 82.8 Å². The maximum Gasteiger partial charge on any atom is 0.317 e. The number of nitrogens with zero attached hydrogens (tertiary/aromatic N) is 1. The number of carbonyl (C=O) groups is 2. The Morgan fingerprint density at radius 1 is 1.42 bits per heavy atom. The van der Waals surface area contributed by atoms with E-state index >= 15 is 0 Å². The van der Waals surface area contributed by atoms with Crippen LogP contribution in [0.4, 0.5) is 4.79 Å². The Hall–Kier alpha value is -1.98. The van der Waals surface area contributed by atoms with Crippen molar-refractivity contribution in [3.05, 3.63) is 23.7 Å². The molecule has 19 heavy (non-hydrogen) atoms. The smallest absolute Gasteiger partial charge is 0.317 e. The van der Waals surface area contributed by atoms with Crippen LogP contribution in [0.25, 0.3) is 0 Å². The average Bonchev–Trinajstić information content (AvgIpc) is 2.82. The minimum Gasteiger partial charge on any atom is -0.481 e. The maximum absolute atomic E-state index is 11.9. The number of carbonyl (C=O) groups excluding carboxylic acids is 1. The summed E-state index contributed by atoms with van der Waals surface area (Å²) in [4.78, 5) is 24.3. The Morgan fingerprint density at radius 2 is 2.11 bits per heavy atom. The molecule has 1 saturated heterocycles. The van der Waals surface area contributed by atoms with Gasteiger partial charge in [0.05, 0.1) is 12.5 Å². The zero-order chi connectivity index (χ0) is 13.8. The number of hydrogen-bond donors (Lipinski definition) is 2. The third-order valence-corrected chi connectivity index (χ3v) is 3.34. The summed E-state index contributed by atoms with van der Waals surface area (Å²) in [5.41, 5.74) is 0. The number of carboxylic acids is 1. The van der Waals surface area contributed by atoms with Crippen molar-refractivity contribution in [2.45, 2.75) is 26.3 Å². The van der Waals surface area contributed by atoms with Crippen LogP contribution in [0.1, 0.15) is 24.4 Å². The lowest BCUT2D eigenvalue weighted by Gasteiger charge is -2.30. The minimum atomic E-state index is -0.772. The molecule has 6 nitrogen and oxygen atoms in total. The number of aryl methyl sites for hydroxylation is 1. The summed E-state index contributed by atoms with van der Waals surface area (Å²) in [6.07, 6.45) is 1.03. The van der Waals surface area contributed by atoms with Crippen molar-refractivity contribution in [1.82, 2.24) is 10.2 Å². The van der Waals surface area contributed by atoms with E-state index in [4.69, 9.17) is 9.52 Å². The molecule has 2 N–H and O–H groups in total. The first-order valence-corrected chi connectivity index (χ1v) is 6.37. The molecule has 2 heterocycles. The molecule has 1 aromatic heterocycles. The van der Waals surface area contributed by atoms with E-state index in [0.717, 1.165) is 5.76 Å².